The van der Waals surface area contributed by atoms with Gasteiger partial charge in [-0.1, -0.05) is 30.3 Å². The molecule has 86 valence electrons. The highest BCUT2D eigenvalue weighted by atomic mass is 15.1. The van der Waals surface area contributed by atoms with Crippen molar-refractivity contribution >= 4 is 0 Å². The first-order valence-electron chi connectivity index (χ1n) is 5.55. The molecule has 3 nitrogen and oxygen atoms in total. The summed E-state index contributed by atoms with van der Waals surface area (Å²) >= 11 is 0. The summed E-state index contributed by atoms with van der Waals surface area (Å²) in [5.41, 5.74) is 1.10. The van der Waals surface area contributed by atoms with Gasteiger partial charge in [0.2, 0.25) is 0 Å². The molecule has 1 rings (SSSR count). The quantitative estimate of drug-likeness (QED) is 0.784. The SMILES string of the molecule is CNCCN(C)CC(C#N)c1ccccc1. The van der Waals surface area contributed by atoms with Crippen molar-refractivity contribution in [2.24, 2.45) is 0 Å². The Labute approximate surface area is 97.7 Å². The van der Waals surface area contributed by atoms with Gasteiger partial charge < -0.3 is 10.2 Å². The van der Waals surface area contributed by atoms with Gasteiger partial charge in [-0.15, -0.1) is 0 Å². The van der Waals surface area contributed by atoms with Crippen LogP contribution in [0.1, 0.15) is 11.5 Å². The number of nitrogens with one attached hydrogen (secondary N) is 1. The van der Waals surface area contributed by atoms with E-state index in [0.717, 1.165) is 25.2 Å². The van der Waals surface area contributed by atoms with Gasteiger partial charge in [0.15, 0.2) is 0 Å². The summed E-state index contributed by atoms with van der Waals surface area (Å²) in [5, 5.41) is 12.3. The van der Waals surface area contributed by atoms with E-state index in [1.807, 2.05) is 44.4 Å². The lowest BCUT2D eigenvalue weighted by Crippen LogP contribution is -2.30. The van der Waals surface area contributed by atoms with Crippen molar-refractivity contribution < 1.29 is 0 Å². The molecule has 0 radical (unpaired) electrons. The molecule has 0 saturated carbocycles. The molecule has 1 aromatic carbocycles. The first-order chi connectivity index (χ1) is 7.77. The first kappa shape index (κ1) is 12.7. The van der Waals surface area contributed by atoms with Crippen LogP contribution in [0, 0.1) is 11.3 Å². The van der Waals surface area contributed by atoms with E-state index in [0.29, 0.717) is 0 Å². The van der Waals surface area contributed by atoms with E-state index < -0.39 is 0 Å². The molecule has 0 bridgehead atoms. The number of benzene rings is 1. The molecular weight excluding hydrogens is 198 g/mol. The minimum absolute atomic E-state index is 0.0388. The maximum absolute atomic E-state index is 9.16. The van der Waals surface area contributed by atoms with Crippen LogP contribution in [-0.4, -0.2) is 38.6 Å². The van der Waals surface area contributed by atoms with Gasteiger partial charge in [-0.2, -0.15) is 5.26 Å². The minimum Gasteiger partial charge on any atom is -0.318 e. The average Bonchev–Trinajstić information content (AvgIpc) is 2.34. The molecule has 1 aromatic rings. The molecule has 0 aromatic heterocycles. The van der Waals surface area contributed by atoms with Crippen LogP contribution in [0.2, 0.25) is 0 Å². The van der Waals surface area contributed by atoms with Crippen LogP contribution < -0.4 is 5.32 Å². The average molecular weight is 217 g/mol. The van der Waals surface area contributed by atoms with E-state index in [9.17, 15) is 0 Å². The van der Waals surface area contributed by atoms with E-state index in [-0.39, 0.29) is 5.92 Å². The fraction of sp³-hybridized carbons (Fsp3) is 0.462. The monoisotopic (exact) mass is 217 g/mol. The van der Waals surface area contributed by atoms with Gasteiger partial charge in [0.25, 0.3) is 0 Å². The molecule has 0 spiro atoms. The van der Waals surface area contributed by atoms with E-state index in [1.165, 1.54) is 0 Å². The van der Waals surface area contributed by atoms with Crippen molar-refractivity contribution in [3.05, 3.63) is 35.9 Å². The third-order valence-electron chi connectivity index (χ3n) is 2.60. The third-order valence-corrected chi connectivity index (χ3v) is 2.60. The van der Waals surface area contributed by atoms with Crippen LogP contribution in [0.15, 0.2) is 30.3 Å². The predicted molar refractivity (Wildman–Crippen MR) is 66.2 cm³/mol. The Balaban J connectivity index is 2.53. The second-order valence-electron chi connectivity index (χ2n) is 3.96. The van der Waals surface area contributed by atoms with Crippen molar-refractivity contribution in [3.8, 4) is 6.07 Å². The molecule has 16 heavy (non-hydrogen) atoms. The number of rotatable bonds is 6. The molecule has 1 N–H and O–H groups in total. The fourth-order valence-electron chi connectivity index (χ4n) is 1.61. The summed E-state index contributed by atoms with van der Waals surface area (Å²) in [6, 6.07) is 12.3. The van der Waals surface area contributed by atoms with Gasteiger partial charge in [0.05, 0.1) is 12.0 Å². The lowest BCUT2D eigenvalue weighted by atomic mass is 10.0. The Bertz CT molecular complexity index is 329. The summed E-state index contributed by atoms with van der Waals surface area (Å²) in [7, 11) is 3.98. The number of nitriles is 1. The molecule has 0 saturated heterocycles. The Kier molecular flexibility index (Phi) is 5.55. The second kappa shape index (κ2) is 7.00. The molecular formula is C13H19N3. The van der Waals surface area contributed by atoms with Gasteiger partial charge in [0, 0.05) is 19.6 Å². The molecule has 0 heterocycles. The van der Waals surface area contributed by atoms with Crippen LogP contribution in [0.5, 0.6) is 0 Å². The normalized spacial score (nSPS) is 12.4. The van der Waals surface area contributed by atoms with Gasteiger partial charge in [-0.3, -0.25) is 0 Å². The Morgan fingerprint density at radius 2 is 2.06 bits per heavy atom. The summed E-state index contributed by atoms with van der Waals surface area (Å²) in [6.45, 7) is 2.69. The second-order valence-corrected chi connectivity index (χ2v) is 3.96. The van der Waals surface area contributed by atoms with Gasteiger partial charge >= 0.3 is 0 Å². The van der Waals surface area contributed by atoms with Gasteiger partial charge in [-0.25, -0.2) is 0 Å². The topological polar surface area (TPSA) is 39.1 Å². The Morgan fingerprint density at radius 3 is 2.62 bits per heavy atom. The number of nitrogens with zero attached hydrogens (tertiary/aromatic N) is 2. The smallest absolute Gasteiger partial charge is 0.0839 e. The molecule has 0 aliphatic rings. The largest absolute Gasteiger partial charge is 0.318 e. The molecule has 0 amide bonds. The lowest BCUT2D eigenvalue weighted by Gasteiger charge is -2.19. The highest BCUT2D eigenvalue weighted by Gasteiger charge is 2.12. The van der Waals surface area contributed by atoms with Crippen LogP contribution in [0.4, 0.5) is 0 Å². The maximum atomic E-state index is 9.16. The van der Waals surface area contributed by atoms with Crippen LogP contribution in [0.25, 0.3) is 0 Å². The number of hydrogen-bond donors (Lipinski definition) is 1. The van der Waals surface area contributed by atoms with E-state index >= 15 is 0 Å². The third kappa shape index (κ3) is 4.01. The first-order valence-corrected chi connectivity index (χ1v) is 5.55. The Hall–Kier alpha value is -1.37. The summed E-state index contributed by atoms with van der Waals surface area (Å²) in [5.74, 6) is -0.0388. The van der Waals surface area contributed by atoms with E-state index in [2.05, 4.69) is 16.3 Å². The Morgan fingerprint density at radius 1 is 1.38 bits per heavy atom. The van der Waals surface area contributed by atoms with Crippen molar-refractivity contribution in [3.63, 3.8) is 0 Å². The fourth-order valence-corrected chi connectivity index (χ4v) is 1.61. The highest BCUT2D eigenvalue weighted by Crippen LogP contribution is 2.15. The van der Waals surface area contributed by atoms with Crippen LogP contribution >= 0.6 is 0 Å². The zero-order chi connectivity index (χ0) is 11.8. The summed E-state index contributed by atoms with van der Waals surface area (Å²) < 4.78 is 0. The van der Waals surface area contributed by atoms with Gasteiger partial charge in [-0.05, 0) is 19.7 Å². The van der Waals surface area contributed by atoms with E-state index in [1.54, 1.807) is 0 Å². The predicted octanol–water partition coefficient (Wildman–Crippen LogP) is 1.44. The maximum Gasteiger partial charge on any atom is 0.0839 e. The highest BCUT2D eigenvalue weighted by molar-refractivity contribution is 5.25. The molecule has 1 unspecified atom stereocenters. The summed E-state index contributed by atoms with van der Waals surface area (Å²) in [4.78, 5) is 2.18. The molecule has 3 heteroatoms. The van der Waals surface area contributed by atoms with Gasteiger partial charge in [0.1, 0.15) is 0 Å². The number of hydrogen-bond acceptors (Lipinski definition) is 3. The van der Waals surface area contributed by atoms with Crippen molar-refractivity contribution in [1.29, 1.82) is 5.26 Å². The van der Waals surface area contributed by atoms with Crippen LogP contribution in [0.3, 0.4) is 0 Å². The summed E-state index contributed by atoms with van der Waals surface area (Å²) in [6.07, 6.45) is 0. The molecule has 0 aliphatic heterocycles. The van der Waals surface area contributed by atoms with Crippen molar-refractivity contribution in [1.82, 2.24) is 10.2 Å². The number of likely N-dealkylation sites (N-methyl/N-ethyl adjacent to an activating group) is 2. The van der Waals surface area contributed by atoms with Crippen LogP contribution in [-0.2, 0) is 0 Å². The molecule has 0 fully saturated rings. The van der Waals surface area contributed by atoms with Crippen molar-refractivity contribution in [2.75, 3.05) is 33.7 Å². The standard InChI is InChI=1S/C13H19N3/c1-15-8-9-16(2)11-13(10-14)12-6-4-3-5-7-12/h3-7,13,15H,8-9,11H2,1-2H3. The van der Waals surface area contributed by atoms with E-state index in [4.69, 9.17) is 5.26 Å². The van der Waals surface area contributed by atoms with Crippen molar-refractivity contribution in [2.45, 2.75) is 5.92 Å². The minimum atomic E-state index is -0.0388. The molecule has 0 aliphatic carbocycles. The zero-order valence-corrected chi connectivity index (χ0v) is 9.98. The lowest BCUT2D eigenvalue weighted by molar-refractivity contribution is 0.329. The molecule has 1 atom stereocenters. The zero-order valence-electron chi connectivity index (χ0n) is 9.98.